The summed E-state index contributed by atoms with van der Waals surface area (Å²) in [7, 11) is 0. The van der Waals surface area contributed by atoms with Crippen molar-refractivity contribution in [2.75, 3.05) is 0 Å². The molecule has 0 aliphatic heterocycles. The summed E-state index contributed by atoms with van der Waals surface area (Å²) in [6, 6.07) is 0. The maximum Gasteiger partial charge on any atom is 0.0868 e. The second-order valence-electron chi connectivity index (χ2n) is 2.05. The van der Waals surface area contributed by atoms with Crippen molar-refractivity contribution >= 4 is 33.1 Å². The van der Waals surface area contributed by atoms with Gasteiger partial charge in [0.05, 0.1) is 9.82 Å². The molecule has 0 aliphatic rings. The van der Waals surface area contributed by atoms with E-state index in [-0.39, 0.29) is 4.83 Å². The van der Waals surface area contributed by atoms with Crippen molar-refractivity contribution in [1.29, 1.82) is 0 Å². The number of nitrogens with two attached hydrogens (primary N) is 1. The van der Waals surface area contributed by atoms with E-state index in [4.69, 9.17) is 18.0 Å². The molecule has 0 aromatic carbocycles. The van der Waals surface area contributed by atoms with Gasteiger partial charge in [-0.25, -0.2) is 0 Å². The van der Waals surface area contributed by atoms with E-state index in [1.807, 2.05) is 0 Å². The van der Waals surface area contributed by atoms with E-state index in [1.165, 1.54) is 0 Å². The van der Waals surface area contributed by atoms with E-state index in [0.29, 0.717) is 10.9 Å². The van der Waals surface area contributed by atoms with Gasteiger partial charge in [0.15, 0.2) is 0 Å². The molecule has 0 heterocycles. The number of hydrogen-bond acceptors (Lipinski definition) is 1. The van der Waals surface area contributed by atoms with Crippen LogP contribution in [-0.4, -0.2) is 9.82 Å². The summed E-state index contributed by atoms with van der Waals surface area (Å²) in [5, 5.41) is 0. The number of alkyl halides is 1. The lowest BCUT2D eigenvalue weighted by molar-refractivity contribution is 0.706. The molecule has 0 bridgehead atoms. The number of thiocarbonyl (C=S) groups is 1. The second-order valence-corrected chi connectivity index (χ2v) is 3.51. The second kappa shape index (κ2) is 3.41. The summed E-state index contributed by atoms with van der Waals surface area (Å²) < 4.78 is 0. The normalized spacial score (nSPS) is 14.0. The smallest absolute Gasteiger partial charge is 0.0868 e. The van der Waals surface area contributed by atoms with Gasteiger partial charge in [-0.05, 0) is 5.92 Å². The van der Waals surface area contributed by atoms with Gasteiger partial charge in [0, 0.05) is 0 Å². The lowest BCUT2D eigenvalue weighted by Crippen LogP contribution is -2.25. The van der Waals surface area contributed by atoms with Gasteiger partial charge in [-0.15, -0.1) is 0 Å². The van der Waals surface area contributed by atoms with Crippen LogP contribution in [0.1, 0.15) is 13.8 Å². The minimum atomic E-state index is 0.192. The fraction of sp³-hybridized carbons (Fsp3) is 0.800. The Morgan fingerprint density at radius 2 is 2.00 bits per heavy atom. The molecule has 0 fully saturated rings. The van der Waals surface area contributed by atoms with Gasteiger partial charge in [0.25, 0.3) is 0 Å². The topological polar surface area (TPSA) is 26.0 Å². The molecule has 1 nitrogen and oxygen atoms in total. The quantitative estimate of drug-likeness (QED) is 0.537. The number of hydrogen-bond donors (Lipinski definition) is 1. The first kappa shape index (κ1) is 8.37. The zero-order valence-electron chi connectivity index (χ0n) is 5.02. The van der Waals surface area contributed by atoms with Crippen LogP contribution in [0.4, 0.5) is 0 Å². The Bertz CT molecular complexity index is 92.4. The molecule has 0 amide bonds. The Hall–Kier alpha value is 0.370. The number of rotatable bonds is 2. The first-order chi connectivity index (χ1) is 3.55. The summed E-state index contributed by atoms with van der Waals surface area (Å²) in [5.74, 6) is 0.493. The van der Waals surface area contributed by atoms with Crippen LogP contribution in [0.15, 0.2) is 0 Å². The molecule has 0 rings (SSSR count). The first-order valence-corrected chi connectivity index (χ1v) is 3.81. The summed E-state index contributed by atoms with van der Waals surface area (Å²) >= 11 is 8.07. The van der Waals surface area contributed by atoms with Crippen molar-refractivity contribution in [2.45, 2.75) is 18.7 Å². The van der Waals surface area contributed by atoms with Gasteiger partial charge >= 0.3 is 0 Å². The predicted octanol–water partition coefficient (Wildman–Crippen LogP) is 1.69. The summed E-state index contributed by atoms with van der Waals surface area (Å²) in [4.78, 5) is 0.734. The van der Waals surface area contributed by atoms with Crippen molar-refractivity contribution in [3.63, 3.8) is 0 Å². The van der Waals surface area contributed by atoms with E-state index in [1.54, 1.807) is 0 Å². The fourth-order valence-corrected chi connectivity index (χ4v) is 0.601. The van der Waals surface area contributed by atoms with Crippen LogP contribution >= 0.6 is 28.1 Å². The van der Waals surface area contributed by atoms with Gasteiger partial charge in [0.1, 0.15) is 0 Å². The zero-order valence-corrected chi connectivity index (χ0v) is 7.42. The predicted molar refractivity (Wildman–Crippen MR) is 44.3 cm³/mol. The Kier molecular flexibility index (Phi) is 3.56. The molecule has 0 saturated carbocycles. The lowest BCUT2D eigenvalue weighted by Gasteiger charge is -2.09. The van der Waals surface area contributed by atoms with Crippen molar-refractivity contribution in [2.24, 2.45) is 11.7 Å². The van der Waals surface area contributed by atoms with E-state index in [2.05, 4.69) is 29.8 Å². The van der Waals surface area contributed by atoms with Crippen molar-refractivity contribution in [3.05, 3.63) is 0 Å². The molecule has 0 aliphatic carbocycles. The molecular formula is C5H10BrNS. The molecule has 0 aromatic heterocycles. The van der Waals surface area contributed by atoms with E-state index >= 15 is 0 Å². The largest absolute Gasteiger partial charge is 0.392 e. The van der Waals surface area contributed by atoms with E-state index in [0.717, 1.165) is 0 Å². The molecule has 48 valence electrons. The SMILES string of the molecule is CC(C)C(Br)C(N)=S. The van der Waals surface area contributed by atoms with Gasteiger partial charge in [-0.1, -0.05) is 42.0 Å². The summed E-state index contributed by atoms with van der Waals surface area (Å²) in [6.45, 7) is 4.14. The third kappa shape index (κ3) is 2.62. The van der Waals surface area contributed by atoms with Crippen molar-refractivity contribution in [1.82, 2.24) is 0 Å². The third-order valence-corrected chi connectivity index (χ3v) is 2.96. The highest BCUT2D eigenvalue weighted by Gasteiger charge is 2.10. The van der Waals surface area contributed by atoms with Gasteiger partial charge in [0.2, 0.25) is 0 Å². The van der Waals surface area contributed by atoms with E-state index in [9.17, 15) is 0 Å². The van der Waals surface area contributed by atoms with Gasteiger partial charge in [-0.3, -0.25) is 0 Å². The van der Waals surface area contributed by atoms with Gasteiger partial charge < -0.3 is 5.73 Å². The van der Waals surface area contributed by atoms with Crippen molar-refractivity contribution in [3.8, 4) is 0 Å². The van der Waals surface area contributed by atoms with Crippen LogP contribution in [0, 0.1) is 5.92 Å². The molecule has 0 aromatic rings. The van der Waals surface area contributed by atoms with Crippen LogP contribution in [0.2, 0.25) is 0 Å². The van der Waals surface area contributed by atoms with Crippen molar-refractivity contribution < 1.29 is 0 Å². The highest BCUT2D eigenvalue weighted by Crippen LogP contribution is 2.10. The molecule has 0 spiro atoms. The van der Waals surface area contributed by atoms with Gasteiger partial charge in [-0.2, -0.15) is 0 Å². The van der Waals surface area contributed by atoms with Crippen LogP contribution in [0.5, 0.6) is 0 Å². The summed E-state index contributed by atoms with van der Waals surface area (Å²) in [6.07, 6.45) is 0. The molecular weight excluding hydrogens is 186 g/mol. The molecule has 0 saturated heterocycles. The van der Waals surface area contributed by atoms with Crippen LogP contribution in [-0.2, 0) is 0 Å². The Labute approximate surface area is 63.8 Å². The Morgan fingerprint density at radius 1 is 1.62 bits per heavy atom. The maximum absolute atomic E-state index is 5.32. The zero-order chi connectivity index (χ0) is 6.73. The fourth-order valence-electron chi connectivity index (χ4n) is 0.329. The Balaban J connectivity index is 3.64. The first-order valence-electron chi connectivity index (χ1n) is 2.49. The molecule has 1 atom stereocenters. The molecule has 3 heteroatoms. The van der Waals surface area contributed by atoms with E-state index < -0.39 is 0 Å². The minimum absolute atomic E-state index is 0.192. The number of halogens is 1. The van der Waals surface area contributed by atoms with Crippen LogP contribution in [0.25, 0.3) is 0 Å². The van der Waals surface area contributed by atoms with Crippen LogP contribution < -0.4 is 5.73 Å². The van der Waals surface area contributed by atoms with Crippen LogP contribution in [0.3, 0.4) is 0 Å². The highest BCUT2D eigenvalue weighted by molar-refractivity contribution is 9.10. The highest BCUT2D eigenvalue weighted by atomic mass is 79.9. The average molecular weight is 196 g/mol. The lowest BCUT2D eigenvalue weighted by atomic mass is 10.1. The maximum atomic E-state index is 5.32. The summed E-state index contributed by atoms with van der Waals surface area (Å²) in [5.41, 5.74) is 5.32. The average Bonchev–Trinajstić information content (AvgIpc) is 1.64. The molecule has 1 unspecified atom stereocenters. The Morgan fingerprint density at radius 3 is 2.00 bits per heavy atom. The molecule has 2 N–H and O–H groups in total. The monoisotopic (exact) mass is 195 g/mol. The standard InChI is InChI=1S/C5H10BrNS/c1-3(2)4(6)5(7)8/h3-4H,1-2H3,(H2,7,8). The molecule has 8 heavy (non-hydrogen) atoms. The third-order valence-electron chi connectivity index (χ3n) is 0.857. The minimum Gasteiger partial charge on any atom is -0.392 e. The molecule has 0 radical (unpaired) electrons.